The SMILES string of the molecule is CN1CCCNCCCOc2ccc(C3CC3)cc2[C@H]2C[C@H](CN(C(=O)OC(C)(C)C)C2)C1=O. The topological polar surface area (TPSA) is 71.1 Å². The van der Waals surface area contributed by atoms with Crippen molar-refractivity contribution < 1.29 is 19.1 Å². The van der Waals surface area contributed by atoms with E-state index in [0.29, 0.717) is 38.6 Å². The van der Waals surface area contributed by atoms with Gasteiger partial charge in [0.05, 0.1) is 12.5 Å². The molecule has 2 fully saturated rings. The van der Waals surface area contributed by atoms with E-state index in [9.17, 15) is 9.59 Å². The molecule has 188 valence electrons. The molecular formula is C27H41N3O4. The number of likely N-dealkylation sites (tertiary alicyclic amines) is 1. The summed E-state index contributed by atoms with van der Waals surface area (Å²) in [4.78, 5) is 30.1. The van der Waals surface area contributed by atoms with E-state index in [1.807, 2.05) is 32.7 Å². The largest absolute Gasteiger partial charge is 0.493 e. The zero-order valence-electron chi connectivity index (χ0n) is 21.3. The lowest BCUT2D eigenvalue weighted by molar-refractivity contribution is -0.136. The van der Waals surface area contributed by atoms with Gasteiger partial charge in [-0.15, -0.1) is 0 Å². The van der Waals surface area contributed by atoms with Crippen LogP contribution in [0.25, 0.3) is 0 Å². The van der Waals surface area contributed by atoms with Crippen LogP contribution in [-0.2, 0) is 9.53 Å². The third-order valence-electron chi connectivity index (χ3n) is 6.95. The number of carbonyl (C=O) groups excluding carboxylic acids is 2. The highest BCUT2D eigenvalue weighted by Crippen LogP contribution is 2.44. The van der Waals surface area contributed by atoms with Gasteiger partial charge in [0.1, 0.15) is 11.4 Å². The first kappa shape index (κ1) is 24.8. The fourth-order valence-electron chi connectivity index (χ4n) is 5.03. The summed E-state index contributed by atoms with van der Waals surface area (Å²) in [5.74, 6) is 1.39. The van der Waals surface area contributed by atoms with Gasteiger partial charge in [0, 0.05) is 32.6 Å². The predicted molar refractivity (Wildman–Crippen MR) is 132 cm³/mol. The number of fused-ring (bicyclic) bond motifs is 4. The Labute approximate surface area is 204 Å². The zero-order chi connectivity index (χ0) is 24.3. The van der Waals surface area contributed by atoms with Crippen molar-refractivity contribution in [2.75, 3.05) is 46.4 Å². The van der Waals surface area contributed by atoms with Gasteiger partial charge in [-0.05, 0) is 89.1 Å². The first-order valence-corrected chi connectivity index (χ1v) is 12.9. The Kier molecular flexibility index (Phi) is 7.70. The molecule has 0 spiro atoms. The van der Waals surface area contributed by atoms with Crippen LogP contribution in [0, 0.1) is 5.92 Å². The number of nitrogens with one attached hydrogen (secondary N) is 1. The Morgan fingerprint density at radius 1 is 1.09 bits per heavy atom. The van der Waals surface area contributed by atoms with Crippen molar-refractivity contribution in [1.29, 1.82) is 0 Å². The Morgan fingerprint density at radius 3 is 2.56 bits per heavy atom. The van der Waals surface area contributed by atoms with E-state index in [1.165, 1.54) is 18.4 Å². The minimum atomic E-state index is -0.581. The first-order chi connectivity index (χ1) is 16.2. The molecule has 2 atom stereocenters. The van der Waals surface area contributed by atoms with Crippen LogP contribution in [-0.4, -0.2) is 73.8 Å². The average Bonchev–Trinajstić information content (AvgIpc) is 3.63. The molecule has 3 aliphatic rings. The fraction of sp³-hybridized carbons (Fsp3) is 0.704. The highest BCUT2D eigenvalue weighted by atomic mass is 16.6. The molecule has 1 aromatic rings. The molecule has 7 nitrogen and oxygen atoms in total. The van der Waals surface area contributed by atoms with Crippen LogP contribution in [0.4, 0.5) is 4.79 Å². The second-order valence-electron chi connectivity index (χ2n) is 11.2. The molecule has 4 rings (SSSR count). The lowest BCUT2D eigenvalue weighted by atomic mass is 9.82. The quantitative estimate of drug-likeness (QED) is 0.667. The average molecular weight is 472 g/mol. The number of amides is 2. The van der Waals surface area contributed by atoms with Gasteiger partial charge >= 0.3 is 6.09 Å². The van der Waals surface area contributed by atoms with Crippen LogP contribution >= 0.6 is 0 Å². The number of nitrogens with zero attached hydrogens (tertiary/aromatic N) is 2. The second kappa shape index (κ2) is 10.5. The molecule has 2 aliphatic heterocycles. The second-order valence-corrected chi connectivity index (χ2v) is 11.2. The van der Waals surface area contributed by atoms with E-state index < -0.39 is 5.60 Å². The number of carbonyl (C=O) groups is 2. The molecule has 1 saturated heterocycles. The van der Waals surface area contributed by atoms with Gasteiger partial charge < -0.3 is 24.6 Å². The maximum absolute atomic E-state index is 13.4. The molecule has 34 heavy (non-hydrogen) atoms. The summed E-state index contributed by atoms with van der Waals surface area (Å²) in [6.45, 7) is 9.68. The van der Waals surface area contributed by atoms with Crippen LogP contribution in [0.3, 0.4) is 0 Å². The summed E-state index contributed by atoms with van der Waals surface area (Å²) < 4.78 is 12.0. The Morgan fingerprint density at radius 2 is 1.82 bits per heavy atom. The highest BCUT2D eigenvalue weighted by molar-refractivity contribution is 5.80. The van der Waals surface area contributed by atoms with Gasteiger partial charge in [0.25, 0.3) is 0 Å². The molecule has 0 radical (unpaired) electrons. The number of hydrogen-bond acceptors (Lipinski definition) is 5. The summed E-state index contributed by atoms with van der Waals surface area (Å²) in [6.07, 6.45) is 4.65. The molecule has 2 heterocycles. The van der Waals surface area contributed by atoms with Gasteiger partial charge in [-0.25, -0.2) is 4.79 Å². The van der Waals surface area contributed by atoms with Crippen molar-refractivity contribution in [1.82, 2.24) is 15.1 Å². The van der Waals surface area contributed by atoms with Crippen LogP contribution in [0.15, 0.2) is 18.2 Å². The molecule has 2 bridgehead atoms. The monoisotopic (exact) mass is 471 g/mol. The van der Waals surface area contributed by atoms with E-state index in [4.69, 9.17) is 9.47 Å². The van der Waals surface area contributed by atoms with Crippen molar-refractivity contribution in [3.05, 3.63) is 29.3 Å². The van der Waals surface area contributed by atoms with E-state index in [-0.39, 0.29) is 23.8 Å². The molecule has 2 amide bonds. The molecule has 0 aromatic heterocycles. The molecular weight excluding hydrogens is 430 g/mol. The molecule has 1 aliphatic carbocycles. The fourth-order valence-corrected chi connectivity index (χ4v) is 5.03. The summed E-state index contributed by atoms with van der Waals surface area (Å²) in [7, 11) is 1.88. The molecule has 7 heteroatoms. The zero-order valence-corrected chi connectivity index (χ0v) is 21.3. The molecule has 1 saturated carbocycles. The maximum Gasteiger partial charge on any atom is 0.410 e. The van der Waals surface area contributed by atoms with Gasteiger partial charge in [-0.2, -0.15) is 0 Å². The van der Waals surface area contributed by atoms with E-state index in [2.05, 4.69) is 23.5 Å². The summed E-state index contributed by atoms with van der Waals surface area (Å²) in [6, 6.07) is 6.56. The van der Waals surface area contributed by atoms with Crippen molar-refractivity contribution in [3.63, 3.8) is 0 Å². The number of benzene rings is 1. The van der Waals surface area contributed by atoms with Crippen molar-refractivity contribution in [3.8, 4) is 5.75 Å². The summed E-state index contributed by atoms with van der Waals surface area (Å²) in [5.41, 5.74) is 1.89. The van der Waals surface area contributed by atoms with Crippen molar-refractivity contribution in [2.24, 2.45) is 5.92 Å². The lowest BCUT2D eigenvalue weighted by Gasteiger charge is -2.39. The maximum atomic E-state index is 13.4. The summed E-state index contributed by atoms with van der Waals surface area (Å²) >= 11 is 0. The van der Waals surface area contributed by atoms with Crippen LogP contribution in [0.1, 0.15) is 75.8 Å². The summed E-state index contributed by atoms with van der Waals surface area (Å²) in [5, 5.41) is 3.45. The first-order valence-electron chi connectivity index (χ1n) is 12.9. The highest BCUT2D eigenvalue weighted by Gasteiger charge is 2.38. The minimum absolute atomic E-state index is 0.0283. The van der Waals surface area contributed by atoms with E-state index in [1.54, 1.807) is 4.90 Å². The van der Waals surface area contributed by atoms with Gasteiger partial charge in [-0.1, -0.05) is 12.1 Å². The molecule has 1 N–H and O–H groups in total. The minimum Gasteiger partial charge on any atom is -0.493 e. The van der Waals surface area contributed by atoms with Crippen LogP contribution < -0.4 is 10.1 Å². The van der Waals surface area contributed by atoms with Gasteiger partial charge in [-0.3, -0.25) is 4.79 Å². The third-order valence-corrected chi connectivity index (χ3v) is 6.95. The molecule has 1 aromatic carbocycles. The third kappa shape index (κ3) is 6.44. The number of piperidine rings is 1. The van der Waals surface area contributed by atoms with Crippen molar-refractivity contribution in [2.45, 2.75) is 70.3 Å². The standard InChI is InChI=1S/C27H41N3O4/c1-27(2,3)34-26(32)30-17-21-15-22(18-30)25(31)29(4)13-5-11-28-12-6-14-33-24-10-9-20(16-23(21)24)19-7-8-19/h9-10,16,19,21-22,28H,5-8,11-15,17-18H2,1-4H3/t21-,22+/m0/s1. The van der Waals surface area contributed by atoms with Crippen molar-refractivity contribution >= 4 is 12.0 Å². The van der Waals surface area contributed by atoms with Crippen LogP contribution in [0.2, 0.25) is 0 Å². The molecule has 0 unspecified atom stereocenters. The predicted octanol–water partition coefficient (Wildman–Crippen LogP) is 4.13. The number of ether oxygens (including phenoxy) is 2. The van der Waals surface area contributed by atoms with E-state index >= 15 is 0 Å². The van der Waals surface area contributed by atoms with Gasteiger partial charge in [0.2, 0.25) is 5.91 Å². The Hall–Kier alpha value is -2.28. The van der Waals surface area contributed by atoms with E-state index in [0.717, 1.165) is 37.2 Å². The number of hydrogen-bond donors (Lipinski definition) is 1. The number of rotatable bonds is 1. The van der Waals surface area contributed by atoms with Crippen LogP contribution in [0.5, 0.6) is 5.75 Å². The smallest absolute Gasteiger partial charge is 0.410 e. The van der Waals surface area contributed by atoms with Gasteiger partial charge in [0.15, 0.2) is 0 Å². The Balaban J connectivity index is 1.66. The lowest BCUT2D eigenvalue weighted by Crippen LogP contribution is -2.49. The normalized spacial score (nSPS) is 25.0. The Bertz CT molecular complexity index is 877.